The van der Waals surface area contributed by atoms with E-state index in [4.69, 9.17) is 0 Å². The quantitative estimate of drug-likeness (QED) is 0.808. The minimum Gasteiger partial charge on any atom is -0.347 e. The smallest absolute Gasteiger partial charge is 0.224 e. The van der Waals surface area contributed by atoms with E-state index in [0.29, 0.717) is 0 Å². The van der Waals surface area contributed by atoms with Crippen molar-refractivity contribution in [1.29, 1.82) is 0 Å². The van der Waals surface area contributed by atoms with Crippen LogP contribution in [0.1, 0.15) is 31.2 Å². The highest BCUT2D eigenvalue weighted by Crippen LogP contribution is 2.13. The van der Waals surface area contributed by atoms with Crippen molar-refractivity contribution in [1.82, 2.24) is 14.8 Å². The van der Waals surface area contributed by atoms with Crippen LogP contribution >= 0.6 is 0 Å². The molecule has 0 spiro atoms. The predicted molar refractivity (Wildman–Crippen MR) is 83.8 cm³/mol. The van der Waals surface area contributed by atoms with Gasteiger partial charge in [-0.05, 0) is 18.1 Å². The summed E-state index contributed by atoms with van der Waals surface area (Å²) in [5.74, 6) is 1.66. The van der Waals surface area contributed by atoms with Crippen LogP contribution in [0.5, 0.6) is 0 Å². The first-order valence-corrected chi connectivity index (χ1v) is 7.03. The van der Waals surface area contributed by atoms with E-state index >= 15 is 0 Å². The van der Waals surface area contributed by atoms with E-state index in [9.17, 15) is 0 Å². The second kappa shape index (κ2) is 6.89. The topological polar surface area (TPSA) is 34.0 Å². The first-order chi connectivity index (χ1) is 9.70. The Labute approximate surface area is 120 Å². The molecule has 0 fully saturated rings. The highest BCUT2D eigenvalue weighted by atomic mass is 15.4. The normalized spacial score (nSPS) is 11.2. The molecule has 0 bridgehead atoms. The van der Waals surface area contributed by atoms with E-state index < -0.39 is 0 Å². The van der Waals surface area contributed by atoms with Gasteiger partial charge in [0.15, 0.2) is 5.82 Å². The van der Waals surface area contributed by atoms with E-state index in [2.05, 4.69) is 35.2 Å². The molecule has 4 nitrogen and oxygen atoms in total. The standard InChI is InChI=1S/C16H22N4/c1-4-5-7-12-15-17-16(19(2)3)20(18-15)13-14-10-8-6-9-11-14/h6-12H,4-5,13H2,1-3H3/b12-7+. The number of rotatable bonds is 6. The van der Waals surface area contributed by atoms with Crippen molar-refractivity contribution in [3.05, 3.63) is 47.8 Å². The maximum Gasteiger partial charge on any atom is 0.224 e. The molecule has 0 saturated carbocycles. The fourth-order valence-corrected chi connectivity index (χ4v) is 1.97. The number of aromatic nitrogens is 3. The highest BCUT2D eigenvalue weighted by molar-refractivity contribution is 5.43. The van der Waals surface area contributed by atoms with Gasteiger partial charge in [0.25, 0.3) is 0 Å². The lowest BCUT2D eigenvalue weighted by Crippen LogP contribution is -2.16. The Hall–Kier alpha value is -2.10. The largest absolute Gasteiger partial charge is 0.347 e. The van der Waals surface area contributed by atoms with Gasteiger partial charge in [0.05, 0.1) is 6.54 Å². The summed E-state index contributed by atoms with van der Waals surface area (Å²) >= 11 is 0. The Balaban J connectivity index is 2.22. The molecule has 0 aliphatic rings. The predicted octanol–water partition coefficient (Wildman–Crippen LogP) is 3.21. The number of hydrogen-bond acceptors (Lipinski definition) is 3. The SMILES string of the molecule is CCC/C=C/c1nc(N(C)C)n(Cc2ccccc2)n1. The maximum atomic E-state index is 4.58. The first-order valence-electron chi connectivity index (χ1n) is 7.03. The summed E-state index contributed by atoms with van der Waals surface area (Å²) in [6.07, 6.45) is 6.33. The van der Waals surface area contributed by atoms with Gasteiger partial charge in [-0.2, -0.15) is 4.98 Å². The van der Waals surface area contributed by atoms with Crippen molar-refractivity contribution < 1.29 is 0 Å². The molecule has 20 heavy (non-hydrogen) atoms. The fourth-order valence-electron chi connectivity index (χ4n) is 1.97. The van der Waals surface area contributed by atoms with Gasteiger partial charge in [-0.3, -0.25) is 0 Å². The molecule has 106 valence electrons. The molecule has 0 N–H and O–H groups in total. The van der Waals surface area contributed by atoms with E-state index in [-0.39, 0.29) is 0 Å². The van der Waals surface area contributed by atoms with E-state index in [1.807, 2.05) is 48.0 Å². The second-order valence-electron chi connectivity index (χ2n) is 5.00. The van der Waals surface area contributed by atoms with Crippen molar-refractivity contribution >= 4 is 12.0 Å². The van der Waals surface area contributed by atoms with Crippen LogP contribution in [0.2, 0.25) is 0 Å². The molecule has 0 aliphatic carbocycles. The Morgan fingerprint density at radius 1 is 1.20 bits per heavy atom. The van der Waals surface area contributed by atoms with Gasteiger partial charge in [-0.1, -0.05) is 49.8 Å². The van der Waals surface area contributed by atoms with Crippen molar-refractivity contribution in [2.75, 3.05) is 19.0 Å². The number of anilines is 1. The summed E-state index contributed by atoms with van der Waals surface area (Å²) in [6.45, 7) is 2.90. The van der Waals surface area contributed by atoms with E-state index in [1.54, 1.807) is 0 Å². The third-order valence-corrected chi connectivity index (χ3v) is 2.97. The van der Waals surface area contributed by atoms with Crippen molar-refractivity contribution in [2.45, 2.75) is 26.3 Å². The molecule has 1 heterocycles. The molecular formula is C16H22N4. The number of hydrogen-bond donors (Lipinski definition) is 0. The summed E-state index contributed by atoms with van der Waals surface area (Å²) in [5.41, 5.74) is 1.23. The maximum absolute atomic E-state index is 4.58. The lowest BCUT2D eigenvalue weighted by molar-refractivity contribution is 0.676. The summed E-state index contributed by atoms with van der Waals surface area (Å²) in [5, 5.41) is 4.58. The van der Waals surface area contributed by atoms with Crippen LogP contribution in [0.3, 0.4) is 0 Å². The van der Waals surface area contributed by atoms with Gasteiger partial charge >= 0.3 is 0 Å². The minimum absolute atomic E-state index is 0.739. The molecule has 0 atom stereocenters. The van der Waals surface area contributed by atoms with Crippen LogP contribution in [-0.2, 0) is 6.54 Å². The Kier molecular flexibility index (Phi) is 4.93. The average molecular weight is 270 g/mol. The molecule has 2 rings (SSSR count). The van der Waals surface area contributed by atoms with Crippen LogP contribution in [0.25, 0.3) is 6.08 Å². The molecule has 2 aromatic rings. The van der Waals surface area contributed by atoms with Crippen LogP contribution < -0.4 is 4.90 Å². The zero-order chi connectivity index (χ0) is 14.4. The highest BCUT2D eigenvalue weighted by Gasteiger charge is 2.10. The number of nitrogens with zero attached hydrogens (tertiary/aromatic N) is 4. The average Bonchev–Trinajstić information content (AvgIpc) is 2.83. The molecule has 0 amide bonds. The van der Waals surface area contributed by atoms with Gasteiger partial charge in [0.1, 0.15) is 0 Å². The fraction of sp³-hybridized carbons (Fsp3) is 0.375. The Morgan fingerprint density at radius 2 is 1.95 bits per heavy atom. The van der Waals surface area contributed by atoms with Crippen molar-refractivity contribution in [3.63, 3.8) is 0 Å². The third kappa shape index (κ3) is 3.70. The lowest BCUT2D eigenvalue weighted by atomic mass is 10.2. The summed E-state index contributed by atoms with van der Waals surface area (Å²) in [4.78, 5) is 6.56. The third-order valence-electron chi connectivity index (χ3n) is 2.97. The zero-order valence-electron chi connectivity index (χ0n) is 12.5. The van der Waals surface area contributed by atoms with Gasteiger partial charge in [-0.25, -0.2) is 4.68 Å². The molecule has 1 aromatic carbocycles. The molecule has 0 saturated heterocycles. The van der Waals surface area contributed by atoms with E-state index in [0.717, 1.165) is 31.2 Å². The number of unbranched alkanes of at least 4 members (excludes halogenated alkanes) is 1. The minimum atomic E-state index is 0.739. The number of allylic oxidation sites excluding steroid dienone is 1. The van der Waals surface area contributed by atoms with Gasteiger partial charge in [0, 0.05) is 14.1 Å². The summed E-state index contributed by atoms with van der Waals surface area (Å²) in [7, 11) is 3.98. The van der Waals surface area contributed by atoms with Crippen molar-refractivity contribution in [2.24, 2.45) is 0 Å². The van der Waals surface area contributed by atoms with Gasteiger partial charge in [0.2, 0.25) is 5.95 Å². The summed E-state index contributed by atoms with van der Waals surface area (Å²) < 4.78 is 1.95. The lowest BCUT2D eigenvalue weighted by Gasteiger charge is -2.12. The van der Waals surface area contributed by atoms with Crippen molar-refractivity contribution in [3.8, 4) is 0 Å². The molecule has 0 unspecified atom stereocenters. The molecule has 0 radical (unpaired) electrons. The van der Waals surface area contributed by atoms with Crippen LogP contribution in [0.4, 0.5) is 5.95 Å². The van der Waals surface area contributed by atoms with Crippen LogP contribution in [-0.4, -0.2) is 28.9 Å². The molecule has 4 heteroatoms. The Morgan fingerprint density at radius 3 is 2.60 bits per heavy atom. The molecule has 1 aromatic heterocycles. The molecule has 0 aliphatic heterocycles. The number of benzene rings is 1. The Bertz CT molecular complexity index is 555. The summed E-state index contributed by atoms with van der Waals surface area (Å²) in [6, 6.07) is 10.3. The van der Waals surface area contributed by atoms with Gasteiger partial charge < -0.3 is 4.90 Å². The van der Waals surface area contributed by atoms with Crippen LogP contribution in [0.15, 0.2) is 36.4 Å². The second-order valence-corrected chi connectivity index (χ2v) is 5.00. The first kappa shape index (κ1) is 14.3. The molecular weight excluding hydrogens is 248 g/mol. The van der Waals surface area contributed by atoms with Gasteiger partial charge in [-0.15, -0.1) is 5.10 Å². The van der Waals surface area contributed by atoms with Crippen LogP contribution in [0, 0.1) is 0 Å². The monoisotopic (exact) mass is 270 g/mol. The van der Waals surface area contributed by atoms with E-state index in [1.165, 1.54) is 5.56 Å². The zero-order valence-corrected chi connectivity index (χ0v) is 12.5.